The minimum Gasteiger partial charge on any atom is -0.0654 e. The van der Waals surface area contributed by atoms with E-state index in [1.54, 1.807) is 11.1 Å². The average molecular weight is 267 g/mol. The van der Waals surface area contributed by atoms with Crippen LogP contribution in [-0.2, 0) is 12.8 Å². The van der Waals surface area contributed by atoms with E-state index in [0.717, 1.165) is 5.92 Å². The summed E-state index contributed by atoms with van der Waals surface area (Å²) in [7, 11) is 0. The third-order valence-electron chi connectivity index (χ3n) is 3.40. The van der Waals surface area contributed by atoms with E-state index in [9.17, 15) is 0 Å². The van der Waals surface area contributed by atoms with Crippen LogP contribution >= 0.6 is 15.9 Å². The van der Waals surface area contributed by atoms with Gasteiger partial charge in [-0.1, -0.05) is 48.2 Å². The van der Waals surface area contributed by atoms with Crippen molar-refractivity contribution in [3.05, 3.63) is 33.8 Å². The molecule has 0 radical (unpaired) electrons. The zero-order valence-electron chi connectivity index (χ0n) is 9.43. The first kappa shape index (κ1) is 11.2. The van der Waals surface area contributed by atoms with Crippen molar-refractivity contribution >= 4 is 15.9 Å². The van der Waals surface area contributed by atoms with E-state index < -0.39 is 0 Å². The van der Waals surface area contributed by atoms with Crippen molar-refractivity contribution in [2.24, 2.45) is 5.92 Å². The molecule has 0 bridgehead atoms. The van der Waals surface area contributed by atoms with Crippen LogP contribution in [0.15, 0.2) is 22.7 Å². The Morgan fingerprint density at radius 1 is 1.20 bits per heavy atom. The lowest BCUT2D eigenvalue weighted by Gasteiger charge is -2.07. The fourth-order valence-electron chi connectivity index (χ4n) is 2.56. The van der Waals surface area contributed by atoms with Gasteiger partial charge >= 0.3 is 0 Å². The summed E-state index contributed by atoms with van der Waals surface area (Å²) in [5, 5.41) is 0. The van der Waals surface area contributed by atoms with Crippen molar-refractivity contribution in [1.82, 2.24) is 0 Å². The summed E-state index contributed by atoms with van der Waals surface area (Å²) >= 11 is 3.55. The predicted molar refractivity (Wildman–Crippen MR) is 69.2 cm³/mol. The minimum atomic E-state index is 0.917. The molecule has 1 aliphatic carbocycles. The number of unbranched alkanes of at least 4 members (excludes halogenated alkanes) is 2. The second-order valence-electron chi connectivity index (χ2n) is 4.68. The maximum Gasteiger partial charge on any atom is 0.0178 e. The molecule has 0 aromatic heterocycles. The molecule has 1 aromatic carbocycles. The highest BCUT2D eigenvalue weighted by Gasteiger charge is 2.20. The molecule has 1 heteroatoms. The van der Waals surface area contributed by atoms with Crippen LogP contribution in [0.3, 0.4) is 0 Å². The van der Waals surface area contributed by atoms with Crippen LogP contribution in [0.2, 0.25) is 0 Å². The van der Waals surface area contributed by atoms with Gasteiger partial charge in [-0.15, -0.1) is 0 Å². The minimum absolute atomic E-state index is 0.917. The molecule has 0 amide bonds. The van der Waals surface area contributed by atoms with Crippen LogP contribution in [0.4, 0.5) is 0 Å². The van der Waals surface area contributed by atoms with Gasteiger partial charge in [-0.3, -0.25) is 0 Å². The third kappa shape index (κ3) is 2.84. The summed E-state index contributed by atoms with van der Waals surface area (Å²) in [6.07, 6.45) is 8.18. The molecule has 0 fully saturated rings. The largest absolute Gasteiger partial charge is 0.0654 e. The first-order valence-corrected chi connectivity index (χ1v) is 6.86. The number of rotatable bonds is 4. The first-order valence-electron chi connectivity index (χ1n) is 6.07. The molecule has 1 unspecified atom stereocenters. The van der Waals surface area contributed by atoms with Gasteiger partial charge in [0.1, 0.15) is 0 Å². The van der Waals surface area contributed by atoms with Crippen molar-refractivity contribution in [2.75, 3.05) is 0 Å². The Bertz CT molecular complexity index is 330. The number of halogens is 1. The van der Waals surface area contributed by atoms with E-state index in [2.05, 4.69) is 41.1 Å². The van der Waals surface area contributed by atoms with Gasteiger partial charge < -0.3 is 0 Å². The third-order valence-corrected chi connectivity index (χ3v) is 3.89. The summed E-state index contributed by atoms with van der Waals surface area (Å²) < 4.78 is 1.23. The molecule has 2 rings (SSSR count). The molecule has 0 saturated heterocycles. The molecule has 1 atom stereocenters. The first-order chi connectivity index (χ1) is 7.29. The molecule has 82 valence electrons. The maximum absolute atomic E-state index is 3.55. The Kier molecular flexibility index (Phi) is 3.85. The van der Waals surface area contributed by atoms with E-state index in [4.69, 9.17) is 0 Å². The highest BCUT2D eigenvalue weighted by atomic mass is 79.9. The quantitative estimate of drug-likeness (QED) is 0.691. The van der Waals surface area contributed by atoms with Crippen molar-refractivity contribution in [3.8, 4) is 0 Å². The molecular weight excluding hydrogens is 248 g/mol. The number of fused-ring (bicyclic) bond motifs is 1. The number of hydrogen-bond donors (Lipinski definition) is 0. The lowest BCUT2D eigenvalue weighted by molar-refractivity contribution is 0.480. The molecule has 15 heavy (non-hydrogen) atoms. The van der Waals surface area contributed by atoms with Crippen LogP contribution in [0.5, 0.6) is 0 Å². The Balaban J connectivity index is 1.91. The molecule has 0 heterocycles. The fourth-order valence-corrected chi connectivity index (χ4v) is 2.97. The Morgan fingerprint density at radius 2 is 2.00 bits per heavy atom. The van der Waals surface area contributed by atoms with Gasteiger partial charge in [0.15, 0.2) is 0 Å². The molecule has 0 N–H and O–H groups in total. The van der Waals surface area contributed by atoms with Crippen molar-refractivity contribution in [1.29, 1.82) is 0 Å². The standard InChI is InChI=1S/C14H19Br/c1-2-3-4-5-11-8-12-6-7-14(15)10-13(12)9-11/h6-7,10-11H,2-5,8-9H2,1H3. The topological polar surface area (TPSA) is 0 Å². The summed E-state index contributed by atoms with van der Waals surface area (Å²) in [5.41, 5.74) is 3.16. The van der Waals surface area contributed by atoms with Crippen molar-refractivity contribution < 1.29 is 0 Å². The fraction of sp³-hybridized carbons (Fsp3) is 0.571. The van der Waals surface area contributed by atoms with Crippen LogP contribution in [0.25, 0.3) is 0 Å². The lowest BCUT2D eigenvalue weighted by atomic mass is 9.98. The monoisotopic (exact) mass is 266 g/mol. The summed E-state index contributed by atoms with van der Waals surface area (Å²) in [6, 6.07) is 6.77. The zero-order valence-corrected chi connectivity index (χ0v) is 11.0. The second kappa shape index (κ2) is 5.16. The number of benzene rings is 1. The normalized spacial score (nSPS) is 19.2. The molecule has 1 aliphatic rings. The second-order valence-corrected chi connectivity index (χ2v) is 5.60. The average Bonchev–Trinajstić information content (AvgIpc) is 2.60. The van der Waals surface area contributed by atoms with E-state index in [1.807, 2.05) is 0 Å². The van der Waals surface area contributed by atoms with Gasteiger partial charge in [-0.05, 0) is 48.4 Å². The highest BCUT2D eigenvalue weighted by molar-refractivity contribution is 9.10. The predicted octanol–water partition coefficient (Wildman–Crippen LogP) is 4.74. The molecule has 0 saturated carbocycles. The summed E-state index contributed by atoms with van der Waals surface area (Å²) in [4.78, 5) is 0. The molecular formula is C14H19Br. The van der Waals surface area contributed by atoms with Gasteiger partial charge in [0, 0.05) is 4.47 Å². The van der Waals surface area contributed by atoms with Gasteiger partial charge in [-0.2, -0.15) is 0 Å². The zero-order chi connectivity index (χ0) is 10.7. The van der Waals surface area contributed by atoms with Crippen LogP contribution in [0.1, 0.15) is 43.7 Å². The Morgan fingerprint density at radius 3 is 2.80 bits per heavy atom. The van der Waals surface area contributed by atoms with Crippen LogP contribution < -0.4 is 0 Å². The van der Waals surface area contributed by atoms with Crippen LogP contribution in [0, 0.1) is 5.92 Å². The SMILES string of the molecule is CCCCCC1Cc2ccc(Br)cc2C1. The van der Waals surface area contributed by atoms with Crippen molar-refractivity contribution in [2.45, 2.75) is 45.4 Å². The molecule has 0 nitrogen and oxygen atoms in total. The van der Waals surface area contributed by atoms with Crippen molar-refractivity contribution in [3.63, 3.8) is 0 Å². The maximum atomic E-state index is 3.55. The molecule has 0 aliphatic heterocycles. The Hall–Kier alpha value is -0.300. The smallest absolute Gasteiger partial charge is 0.0178 e. The van der Waals surface area contributed by atoms with Gasteiger partial charge in [0.2, 0.25) is 0 Å². The van der Waals surface area contributed by atoms with E-state index >= 15 is 0 Å². The summed E-state index contributed by atoms with van der Waals surface area (Å²) in [5.74, 6) is 0.917. The van der Waals surface area contributed by atoms with Gasteiger partial charge in [0.05, 0.1) is 0 Å². The van der Waals surface area contributed by atoms with E-state index in [1.165, 1.54) is 43.0 Å². The van der Waals surface area contributed by atoms with E-state index in [-0.39, 0.29) is 0 Å². The van der Waals surface area contributed by atoms with Gasteiger partial charge in [-0.25, -0.2) is 0 Å². The van der Waals surface area contributed by atoms with E-state index in [0.29, 0.717) is 0 Å². The molecule has 0 spiro atoms. The van der Waals surface area contributed by atoms with Crippen LogP contribution in [-0.4, -0.2) is 0 Å². The van der Waals surface area contributed by atoms with Gasteiger partial charge in [0.25, 0.3) is 0 Å². The Labute approximate surface area is 101 Å². The lowest BCUT2D eigenvalue weighted by Crippen LogP contribution is -1.98. The number of hydrogen-bond acceptors (Lipinski definition) is 0. The highest BCUT2D eigenvalue weighted by Crippen LogP contribution is 2.31. The molecule has 1 aromatic rings. The summed E-state index contributed by atoms with van der Waals surface area (Å²) in [6.45, 7) is 2.28.